The molecule has 1 atom stereocenters. The number of nitrogens with one attached hydrogen (secondary N) is 1. The lowest BCUT2D eigenvalue weighted by Crippen LogP contribution is -2.28. The van der Waals surface area contributed by atoms with Crippen LogP contribution in [0.25, 0.3) is 0 Å². The van der Waals surface area contributed by atoms with Gasteiger partial charge in [0, 0.05) is 24.2 Å². The molecule has 1 N–H and O–H groups in total. The van der Waals surface area contributed by atoms with Crippen molar-refractivity contribution in [1.82, 2.24) is 15.3 Å². The molecule has 2 aromatic heterocycles. The number of carbonyl (C=O) groups is 1. The maximum absolute atomic E-state index is 12.2. The lowest BCUT2D eigenvalue weighted by Gasteiger charge is -2.13. The molecule has 1 aromatic carbocycles. The van der Waals surface area contributed by atoms with Crippen molar-refractivity contribution in [3.63, 3.8) is 0 Å². The molecule has 0 fully saturated rings. The van der Waals surface area contributed by atoms with E-state index >= 15 is 0 Å². The minimum Gasteiger partial charge on any atom is -0.349 e. The van der Waals surface area contributed by atoms with Gasteiger partial charge in [0.15, 0.2) is 0 Å². The third-order valence-electron chi connectivity index (χ3n) is 3.99. The van der Waals surface area contributed by atoms with E-state index in [0.717, 1.165) is 29.1 Å². The number of benzene rings is 1. The minimum atomic E-state index is -0.00139. The van der Waals surface area contributed by atoms with Crippen LogP contribution in [0.3, 0.4) is 0 Å². The van der Waals surface area contributed by atoms with E-state index in [1.807, 2.05) is 54.8 Å². The summed E-state index contributed by atoms with van der Waals surface area (Å²) >= 11 is 1.62. The molecule has 0 saturated heterocycles. The summed E-state index contributed by atoms with van der Waals surface area (Å²) in [7, 11) is 0. The lowest BCUT2D eigenvalue weighted by atomic mass is 10.1. The van der Waals surface area contributed by atoms with Crippen molar-refractivity contribution in [2.24, 2.45) is 0 Å². The summed E-state index contributed by atoms with van der Waals surface area (Å²) in [6.07, 6.45) is 5.76. The number of hydrogen-bond donors (Lipinski definition) is 1. The Morgan fingerprint density at radius 1 is 1.12 bits per heavy atom. The Morgan fingerprint density at radius 3 is 2.64 bits per heavy atom. The summed E-state index contributed by atoms with van der Waals surface area (Å²) in [6, 6.07) is 14.0. The van der Waals surface area contributed by atoms with Gasteiger partial charge in [0.2, 0.25) is 5.91 Å². The Kier molecular flexibility index (Phi) is 5.90. The standard InChI is InChI=1S/C20H21N3OS/c1-15(17-5-3-2-4-6-17)22-19(24)13-18-14-25-20(23-18)8-7-16-9-11-21-12-10-16/h2-6,9-12,14-15H,7-8,13H2,1H3,(H,22,24). The smallest absolute Gasteiger partial charge is 0.226 e. The van der Waals surface area contributed by atoms with Gasteiger partial charge < -0.3 is 5.32 Å². The minimum absolute atomic E-state index is 0.00139. The van der Waals surface area contributed by atoms with Crippen LogP contribution in [0.15, 0.2) is 60.2 Å². The second-order valence-electron chi connectivity index (χ2n) is 5.96. The second kappa shape index (κ2) is 8.53. The van der Waals surface area contributed by atoms with Crippen LogP contribution in [0.5, 0.6) is 0 Å². The number of pyridine rings is 1. The number of hydrogen-bond acceptors (Lipinski definition) is 4. The fourth-order valence-electron chi connectivity index (χ4n) is 2.63. The van der Waals surface area contributed by atoms with Gasteiger partial charge in [-0.3, -0.25) is 9.78 Å². The average Bonchev–Trinajstić information content (AvgIpc) is 3.08. The van der Waals surface area contributed by atoms with E-state index in [-0.39, 0.29) is 11.9 Å². The van der Waals surface area contributed by atoms with Crippen LogP contribution in [-0.4, -0.2) is 15.9 Å². The van der Waals surface area contributed by atoms with E-state index in [1.54, 1.807) is 23.7 Å². The van der Waals surface area contributed by atoms with Gasteiger partial charge in [-0.05, 0) is 36.6 Å². The number of amides is 1. The van der Waals surface area contributed by atoms with Crippen molar-refractivity contribution in [2.75, 3.05) is 0 Å². The lowest BCUT2D eigenvalue weighted by molar-refractivity contribution is -0.121. The zero-order valence-electron chi connectivity index (χ0n) is 14.2. The van der Waals surface area contributed by atoms with Gasteiger partial charge >= 0.3 is 0 Å². The van der Waals surface area contributed by atoms with Crippen molar-refractivity contribution in [3.05, 3.63) is 82.1 Å². The van der Waals surface area contributed by atoms with Crippen molar-refractivity contribution in [2.45, 2.75) is 32.2 Å². The van der Waals surface area contributed by atoms with E-state index in [1.165, 1.54) is 5.56 Å². The number of aromatic nitrogens is 2. The van der Waals surface area contributed by atoms with Gasteiger partial charge in [0.1, 0.15) is 0 Å². The highest BCUT2D eigenvalue weighted by atomic mass is 32.1. The van der Waals surface area contributed by atoms with E-state index in [2.05, 4.69) is 15.3 Å². The maximum atomic E-state index is 12.2. The molecule has 3 aromatic rings. The number of aryl methyl sites for hydroxylation is 2. The number of thiazole rings is 1. The molecule has 0 bridgehead atoms. The molecule has 0 radical (unpaired) electrons. The summed E-state index contributed by atoms with van der Waals surface area (Å²) in [5.41, 5.74) is 3.20. The monoisotopic (exact) mass is 351 g/mol. The zero-order valence-corrected chi connectivity index (χ0v) is 15.0. The van der Waals surface area contributed by atoms with Crippen LogP contribution in [0.4, 0.5) is 0 Å². The van der Waals surface area contributed by atoms with Gasteiger partial charge in [-0.2, -0.15) is 0 Å². The Labute approximate surface area is 152 Å². The first-order valence-corrected chi connectivity index (χ1v) is 9.25. The highest BCUT2D eigenvalue weighted by Crippen LogP contribution is 2.15. The molecule has 0 aliphatic rings. The van der Waals surface area contributed by atoms with Gasteiger partial charge in [0.25, 0.3) is 0 Å². The molecule has 2 heterocycles. The molecule has 0 saturated carbocycles. The van der Waals surface area contributed by atoms with Gasteiger partial charge in [-0.1, -0.05) is 30.3 Å². The third kappa shape index (κ3) is 5.22. The van der Waals surface area contributed by atoms with Crippen LogP contribution in [0.2, 0.25) is 0 Å². The predicted octanol–water partition coefficient (Wildman–Crippen LogP) is 3.74. The molecule has 1 amide bonds. The molecule has 5 heteroatoms. The molecule has 0 aliphatic heterocycles. The molecule has 25 heavy (non-hydrogen) atoms. The van der Waals surface area contributed by atoms with Crippen molar-refractivity contribution < 1.29 is 4.79 Å². The zero-order chi connectivity index (χ0) is 17.5. The van der Waals surface area contributed by atoms with E-state index < -0.39 is 0 Å². The molecule has 4 nitrogen and oxygen atoms in total. The Hall–Kier alpha value is -2.53. The summed E-state index contributed by atoms with van der Waals surface area (Å²) in [4.78, 5) is 20.8. The fraction of sp³-hybridized carbons (Fsp3) is 0.250. The van der Waals surface area contributed by atoms with Gasteiger partial charge in [0.05, 0.1) is 23.2 Å². The Morgan fingerprint density at radius 2 is 1.88 bits per heavy atom. The van der Waals surface area contributed by atoms with Crippen molar-refractivity contribution >= 4 is 17.2 Å². The van der Waals surface area contributed by atoms with Gasteiger partial charge in [-0.25, -0.2) is 4.98 Å². The van der Waals surface area contributed by atoms with E-state index in [4.69, 9.17) is 0 Å². The quantitative estimate of drug-likeness (QED) is 0.705. The first-order chi connectivity index (χ1) is 12.2. The molecule has 128 valence electrons. The van der Waals surface area contributed by atoms with Crippen LogP contribution < -0.4 is 5.32 Å². The number of nitrogens with zero attached hydrogens (tertiary/aromatic N) is 2. The first-order valence-electron chi connectivity index (χ1n) is 8.37. The number of carbonyl (C=O) groups excluding carboxylic acids is 1. The van der Waals surface area contributed by atoms with Crippen LogP contribution in [0.1, 0.15) is 34.8 Å². The van der Waals surface area contributed by atoms with Crippen molar-refractivity contribution in [3.8, 4) is 0 Å². The Bertz CT molecular complexity index is 802. The van der Waals surface area contributed by atoms with Gasteiger partial charge in [-0.15, -0.1) is 11.3 Å². The summed E-state index contributed by atoms with van der Waals surface area (Å²) in [5.74, 6) is 0.00216. The second-order valence-corrected chi connectivity index (χ2v) is 6.91. The molecule has 1 unspecified atom stereocenters. The topological polar surface area (TPSA) is 54.9 Å². The maximum Gasteiger partial charge on any atom is 0.226 e. The highest BCUT2D eigenvalue weighted by molar-refractivity contribution is 7.09. The van der Waals surface area contributed by atoms with Crippen LogP contribution in [-0.2, 0) is 24.1 Å². The average molecular weight is 351 g/mol. The molecule has 3 rings (SSSR count). The molecular weight excluding hydrogens is 330 g/mol. The molecule has 0 spiro atoms. The summed E-state index contributed by atoms with van der Waals surface area (Å²) in [6.45, 7) is 1.99. The largest absolute Gasteiger partial charge is 0.349 e. The van der Waals surface area contributed by atoms with Crippen LogP contribution in [0, 0.1) is 0 Å². The summed E-state index contributed by atoms with van der Waals surface area (Å²) in [5, 5.41) is 6.08. The molecular formula is C20H21N3OS. The third-order valence-corrected chi connectivity index (χ3v) is 4.95. The van der Waals surface area contributed by atoms with E-state index in [0.29, 0.717) is 6.42 Å². The van der Waals surface area contributed by atoms with E-state index in [9.17, 15) is 4.79 Å². The Balaban J connectivity index is 1.50. The summed E-state index contributed by atoms with van der Waals surface area (Å²) < 4.78 is 0. The SMILES string of the molecule is CC(NC(=O)Cc1csc(CCc2ccncc2)n1)c1ccccc1. The predicted molar refractivity (Wildman–Crippen MR) is 100 cm³/mol. The highest BCUT2D eigenvalue weighted by Gasteiger charge is 2.12. The fourth-order valence-corrected chi connectivity index (χ4v) is 3.43. The van der Waals surface area contributed by atoms with Crippen LogP contribution >= 0.6 is 11.3 Å². The first kappa shape index (κ1) is 17.3. The van der Waals surface area contributed by atoms with Crippen molar-refractivity contribution in [1.29, 1.82) is 0 Å². The number of rotatable bonds is 7. The molecule has 0 aliphatic carbocycles. The normalized spacial score (nSPS) is 11.9.